The van der Waals surface area contributed by atoms with Crippen LogP contribution in [0.1, 0.15) is 22.3 Å². The summed E-state index contributed by atoms with van der Waals surface area (Å²) in [6.07, 6.45) is 0. The van der Waals surface area contributed by atoms with Crippen molar-refractivity contribution in [3.8, 4) is 11.3 Å². The maximum Gasteiger partial charge on any atom is 0.267 e. The number of hydrogen-bond acceptors (Lipinski definition) is 2. The highest BCUT2D eigenvalue weighted by Gasteiger charge is 2.06. The van der Waals surface area contributed by atoms with Gasteiger partial charge in [0.25, 0.3) is 5.56 Å². The normalized spacial score (nSPS) is 10.7. The molecule has 3 nitrogen and oxygen atoms in total. The average Bonchev–Trinajstić information content (AvgIpc) is 2.54. The van der Waals surface area contributed by atoms with E-state index in [9.17, 15) is 4.79 Å². The Hall–Kier alpha value is -2.68. The van der Waals surface area contributed by atoms with Crippen molar-refractivity contribution in [3.63, 3.8) is 0 Å². The summed E-state index contributed by atoms with van der Waals surface area (Å²) in [6, 6.07) is 17.7. The van der Waals surface area contributed by atoms with Crippen molar-refractivity contribution in [1.82, 2.24) is 9.78 Å². The molecule has 0 N–H and O–H groups in total. The molecule has 1 heterocycles. The fraction of sp³-hybridized carbons (Fsp3) is 0.200. The van der Waals surface area contributed by atoms with Gasteiger partial charge in [-0.3, -0.25) is 4.79 Å². The maximum atomic E-state index is 12.1. The highest BCUT2D eigenvalue weighted by molar-refractivity contribution is 5.60. The van der Waals surface area contributed by atoms with Crippen LogP contribution in [0, 0.1) is 20.8 Å². The van der Waals surface area contributed by atoms with Gasteiger partial charge in [0.15, 0.2) is 0 Å². The Morgan fingerprint density at radius 2 is 1.65 bits per heavy atom. The lowest BCUT2D eigenvalue weighted by Crippen LogP contribution is -2.23. The van der Waals surface area contributed by atoms with Gasteiger partial charge < -0.3 is 0 Å². The second kappa shape index (κ2) is 6.21. The molecule has 3 heteroatoms. The van der Waals surface area contributed by atoms with Crippen molar-refractivity contribution in [3.05, 3.63) is 87.2 Å². The van der Waals surface area contributed by atoms with Crippen molar-refractivity contribution in [2.24, 2.45) is 0 Å². The molecular weight excluding hydrogens is 284 g/mol. The van der Waals surface area contributed by atoms with Crippen molar-refractivity contribution in [2.75, 3.05) is 0 Å². The highest BCUT2D eigenvalue weighted by Crippen LogP contribution is 2.19. The quantitative estimate of drug-likeness (QED) is 0.736. The summed E-state index contributed by atoms with van der Waals surface area (Å²) >= 11 is 0. The van der Waals surface area contributed by atoms with Gasteiger partial charge in [0.05, 0.1) is 12.2 Å². The number of aryl methyl sites for hydroxylation is 3. The Kier molecular flexibility index (Phi) is 4.11. The molecule has 3 rings (SSSR count). The fourth-order valence-electron chi connectivity index (χ4n) is 2.57. The van der Waals surface area contributed by atoms with Gasteiger partial charge in [-0.05, 0) is 55.2 Å². The van der Waals surface area contributed by atoms with E-state index in [0.29, 0.717) is 6.54 Å². The van der Waals surface area contributed by atoms with Gasteiger partial charge >= 0.3 is 0 Å². The van der Waals surface area contributed by atoms with Gasteiger partial charge in [0, 0.05) is 11.6 Å². The smallest absolute Gasteiger partial charge is 0.267 e. The van der Waals surface area contributed by atoms with E-state index in [2.05, 4.69) is 31.1 Å². The Morgan fingerprint density at radius 3 is 2.39 bits per heavy atom. The molecule has 0 atom stereocenters. The van der Waals surface area contributed by atoms with Crippen molar-refractivity contribution in [1.29, 1.82) is 0 Å². The summed E-state index contributed by atoms with van der Waals surface area (Å²) in [6.45, 7) is 6.71. The zero-order valence-electron chi connectivity index (χ0n) is 13.7. The van der Waals surface area contributed by atoms with Crippen LogP contribution in [-0.4, -0.2) is 9.78 Å². The molecule has 0 saturated heterocycles. The van der Waals surface area contributed by atoms with E-state index in [-0.39, 0.29) is 5.56 Å². The molecule has 0 radical (unpaired) electrons. The first kappa shape index (κ1) is 15.2. The Bertz CT molecular complexity index is 910. The molecule has 3 aromatic rings. The molecule has 116 valence electrons. The predicted octanol–water partition coefficient (Wildman–Crippen LogP) is 3.88. The molecule has 0 bridgehead atoms. The van der Waals surface area contributed by atoms with Crippen LogP contribution >= 0.6 is 0 Å². The Balaban J connectivity index is 2.01. The van der Waals surface area contributed by atoms with Crippen LogP contribution in [-0.2, 0) is 6.54 Å². The lowest BCUT2D eigenvalue weighted by molar-refractivity contribution is 0.640. The lowest BCUT2D eigenvalue weighted by atomic mass is 10.0. The van der Waals surface area contributed by atoms with Crippen LogP contribution in [0.15, 0.2) is 59.4 Å². The molecule has 1 aromatic heterocycles. The third kappa shape index (κ3) is 3.24. The first-order valence-electron chi connectivity index (χ1n) is 7.75. The van der Waals surface area contributed by atoms with Crippen molar-refractivity contribution in [2.45, 2.75) is 27.3 Å². The van der Waals surface area contributed by atoms with E-state index >= 15 is 0 Å². The van der Waals surface area contributed by atoms with E-state index in [0.717, 1.165) is 22.4 Å². The molecule has 23 heavy (non-hydrogen) atoms. The van der Waals surface area contributed by atoms with E-state index in [1.807, 2.05) is 37.3 Å². The molecule has 0 unspecified atom stereocenters. The maximum absolute atomic E-state index is 12.1. The minimum Gasteiger partial charge on any atom is -0.268 e. The SMILES string of the molecule is Cc1ccc(-c2ccc(=O)n(Cc3ccccc3C)n2)cc1C. The predicted molar refractivity (Wildman–Crippen MR) is 93.7 cm³/mol. The van der Waals surface area contributed by atoms with Crippen LogP contribution in [0.3, 0.4) is 0 Å². The third-order valence-corrected chi connectivity index (χ3v) is 4.25. The standard InChI is InChI=1S/C20H20N2O/c1-14-8-9-17(12-16(14)3)19-10-11-20(23)22(21-19)13-18-7-5-4-6-15(18)2/h4-12H,13H2,1-3H3. The monoisotopic (exact) mass is 304 g/mol. The molecule has 0 fully saturated rings. The largest absolute Gasteiger partial charge is 0.268 e. The van der Waals surface area contributed by atoms with Crippen LogP contribution in [0.4, 0.5) is 0 Å². The molecule has 0 saturated carbocycles. The molecule has 0 aliphatic heterocycles. The van der Waals surface area contributed by atoms with Crippen LogP contribution < -0.4 is 5.56 Å². The second-order valence-corrected chi connectivity index (χ2v) is 5.94. The molecule has 2 aromatic carbocycles. The summed E-state index contributed by atoms with van der Waals surface area (Å²) in [5, 5.41) is 4.55. The van der Waals surface area contributed by atoms with Crippen LogP contribution in [0.5, 0.6) is 0 Å². The number of rotatable bonds is 3. The van der Waals surface area contributed by atoms with Crippen LogP contribution in [0.25, 0.3) is 11.3 Å². The second-order valence-electron chi connectivity index (χ2n) is 5.94. The average molecular weight is 304 g/mol. The lowest BCUT2D eigenvalue weighted by Gasteiger charge is -2.10. The molecular formula is C20H20N2O. The summed E-state index contributed by atoms with van der Waals surface area (Å²) in [5.74, 6) is 0. The summed E-state index contributed by atoms with van der Waals surface area (Å²) in [7, 11) is 0. The first-order valence-corrected chi connectivity index (χ1v) is 7.75. The number of nitrogens with zero attached hydrogens (tertiary/aromatic N) is 2. The number of aromatic nitrogens is 2. The fourth-order valence-corrected chi connectivity index (χ4v) is 2.57. The summed E-state index contributed by atoms with van der Waals surface area (Å²) in [5.41, 5.74) is 6.52. The zero-order chi connectivity index (χ0) is 16.4. The Morgan fingerprint density at radius 1 is 0.870 bits per heavy atom. The summed E-state index contributed by atoms with van der Waals surface area (Å²) in [4.78, 5) is 12.1. The van der Waals surface area contributed by atoms with E-state index < -0.39 is 0 Å². The topological polar surface area (TPSA) is 34.9 Å². The van der Waals surface area contributed by atoms with E-state index in [1.165, 1.54) is 15.8 Å². The van der Waals surface area contributed by atoms with Crippen molar-refractivity contribution < 1.29 is 0 Å². The van der Waals surface area contributed by atoms with Gasteiger partial charge in [-0.15, -0.1) is 0 Å². The first-order chi connectivity index (χ1) is 11.0. The number of benzene rings is 2. The zero-order valence-corrected chi connectivity index (χ0v) is 13.7. The van der Waals surface area contributed by atoms with Gasteiger partial charge in [-0.25, -0.2) is 4.68 Å². The van der Waals surface area contributed by atoms with E-state index in [1.54, 1.807) is 12.1 Å². The number of hydrogen-bond donors (Lipinski definition) is 0. The molecule has 0 aliphatic rings. The van der Waals surface area contributed by atoms with Gasteiger partial charge in [0.1, 0.15) is 0 Å². The van der Waals surface area contributed by atoms with Gasteiger partial charge in [-0.2, -0.15) is 5.10 Å². The third-order valence-electron chi connectivity index (χ3n) is 4.25. The minimum atomic E-state index is -0.0826. The minimum absolute atomic E-state index is 0.0826. The Labute approximate surface area is 136 Å². The van der Waals surface area contributed by atoms with Crippen LogP contribution in [0.2, 0.25) is 0 Å². The highest BCUT2D eigenvalue weighted by atomic mass is 16.1. The van der Waals surface area contributed by atoms with Gasteiger partial charge in [-0.1, -0.05) is 36.4 Å². The summed E-state index contributed by atoms with van der Waals surface area (Å²) < 4.78 is 1.53. The van der Waals surface area contributed by atoms with E-state index in [4.69, 9.17) is 0 Å². The van der Waals surface area contributed by atoms with Gasteiger partial charge in [0.2, 0.25) is 0 Å². The molecule has 0 amide bonds. The molecule has 0 aliphatic carbocycles. The molecule has 0 spiro atoms. The van der Waals surface area contributed by atoms with Crippen molar-refractivity contribution >= 4 is 0 Å².